The summed E-state index contributed by atoms with van der Waals surface area (Å²) in [5, 5.41) is 31.6. The van der Waals surface area contributed by atoms with Crippen LogP contribution in [0.3, 0.4) is 0 Å². The molecule has 1 rings (SSSR count). The highest BCUT2D eigenvalue weighted by Gasteiger charge is 2.27. The van der Waals surface area contributed by atoms with Crippen molar-refractivity contribution in [3.63, 3.8) is 0 Å². The lowest BCUT2D eigenvalue weighted by atomic mass is 9.98. The first kappa shape index (κ1) is 16.8. The number of carbonyl (C=O) groups is 1. The third-order valence-corrected chi connectivity index (χ3v) is 3.18. The van der Waals surface area contributed by atoms with Crippen molar-refractivity contribution in [1.29, 1.82) is 0 Å². The van der Waals surface area contributed by atoms with Crippen LogP contribution in [0.2, 0.25) is 0 Å². The van der Waals surface area contributed by atoms with Crippen LogP contribution in [0.1, 0.15) is 18.9 Å². The van der Waals surface area contributed by atoms with E-state index in [4.69, 9.17) is 0 Å². The van der Waals surface area contributed by atoms with Gasteiger partial charge in [-0.15, -0.1) is 0 Å². The maximum Gasteiger partial charge on any atom is 0.270 e. The zero-order chi connectivity index (χ0) is 15.9. The van der Waals surface area contributed by atoms with E-state index >= 15 is 0 Å². The van der Waals surface area contributed by atoms with Gasteiger partial charge < -0.3 is 15.5 Å². The second-order valence-electron chi connectivity index (χ2n) is 4.62. The predicted octanol–water partition coefficient (Wildman–Crippen LogP) is 0.858. The summed E-state index contributed by atoms with van der Waals surface area (Å²) in [7, 11) is 0. The second-order valence-corrected chi connectivity index (χ2v) is 4.62. The van der Waals surface area contributed by atoms with Crippen LogP contribution in [0.4, 0.5) is 5.69 Å². The zero-order valence-corrected chi connectivity index (χ0v) is 11.7. The summed E-state index contributed by atoms with van der Waals surface area (Å²) >= 11 is 0. The highest BCUT2D eigenvalue weighted by molar-refractivity contribution is 5.92. The summed E-state index contributed by atoms with van der Waals surface area (Å²) in [6.07, 6.45) is 3.00. The van der Waals surface area contributed by atoms with E-state index in [1.165, 1.54) is 30.4 Å². The summed E-state index contributed by atoms with van der Waals surface area (Å²) in [6, 6.07) is 5.85. The number of rotatable bonds is 7. The molecule has 0 atom stereocenters. The van der Waals surface area contributed by atoms with E-state index < -0.39 is 16.4 Å². The Balaban J connectivity index is 2.78. The molecule has 21 heavy (non-hydrogen) atoms. The number of aliphatic hydroxyl groups excluding tert-OH is 2. The number of aliphatic hydroxyl groups is 2. The van der Waals surface area contributed by atoms with Crippen molar-refractivity contribution in [2.75, 3.05) is 13.2 Å². The molecule has 1 aromatic carbocycles. The standard InChI is InChI=1S/C14H18N2O5/c1-2-14(9-17,10-18)15-13(19)7-6-11-4-3-5-12(8-11)16(20)21/h3-8,17-18H,2,9-10H2,1H3,(H,15,19)/b7-6+. The monoisotopic (exact) mass is 294 g/mol. The molecular formula is C14H18N2O5. The number of nitrogens with zero attached hydrogens (tertiary/aromatic N) is 1. The van der Waals surface area contributed by atoms with Crippen LogP contribution < -0.4 is 5.32 Å². The molecule has 0 heterocycles. The molecule has 0 aliphatic rings. The molecule has 0 bridgehead atoms. The molecule has 0 aromatic heterocycles. The van der Waals surface area contributed by atoms with E-state index in [-0.39, 0.29) is 18.9 Å². The van der Waals surface area contributed by atoms with E-state index in [2.05, 4.69) is 5.32 Å². The number of hydrogen-bond donors (Lipinski definition) is 3. The Hall–Kier alpha value is -2.25. The van der Waals surface area contributed by atoms with Gasteiger partial charge in [-0.05, 0) is 18.1 Å². The van der Waals surface area contributed by atoms with E-state index in [0.29, 0.717) is 12.0 Å². The molecule has 0 radical (unpaired) electrons. The van der Waals surface area contributed by atoms with Crippen LogP contribution in [-0.2, 0) is 4.79 Å². The molecule has 0 saturated heterocycles. The minimum absolute atomic E-state index is 0.0637. The molecule has 0 fully saturated rings. The van der Waals surface area contributed by atoms with Crippen molar-refractivity contribution >= 4 is 17.7 Å². The molecule has 0 unspecified atom stereocenters. The summed E-state index contributed by atoms with van der Waals surface area (Å²) in [5.41, 5.74) is -0.620. The summed E-state index contributed by atoms with van der Waals surface area (Å²) in [6.45, 7) is 0.976. The molecule has 114 valence electrons. The van der Waals surface area contributed by atoms with Crippen molar-refractivity contribution in [3.8, 4) is 0 Å². The third-order valence-electron chi connectivity index (χ3n) is 3.18. The number of nitrogens with one attached hydrogen (secondary N) is 1. The lowest BCUT2D eigenvalue weighted by Gasteiger charge is -2.28. The lowest BCUT2D eigenvalue weighted by molar-refractivity contribution is -0.384. The number of nitro benzene ring substituents is 1. The number of nitro groups is 1. The van der Waals surface area contributed by atoms with E-state index in [9.17, 15) is 25.1 Å². The Kier molecular flexibility index (Phi) is 6.01. The normalized spacial score (nSPS) is 11.6. The fourth-order valence-electron chi connectivity index (χ4n) is 1.66. The van der Waals surface area contributed by atoms with Gasteiger partial charge >= 0.3 is 0 Å². The Labute approximate surface area is 122 Å². The van der Waals surface area contributed by atoms with Crippen LogP contribution in [0, 0.1) is 10.1 Å². The quantitative estimate of drug-likeness (QED) is 0.392. The summed E-state index contributed by atoms with van der Waals surface area (Å²) in [4.78, 5) is 21.9. The van der Waals surface area contributed by atoms with Crippen molar-refractivity contribution in [1.82, 2.24) is 5.32 Å². The lowest BCUT2D eigenvalue weighted by Crippen LogP contribution is -2.53. The summed E-state index contributed by atoms with van der Waals surface area (Å²) in [5.74, 6) is -0.494. The average molecular weight is 294 g/mol. The fourth-order valence-corrected chi connectivity index (χ4v) is 1.66. The highest BCUT2D eigenvalue weighted by Crippen LogP contribution is 2.14. The van der Waals surface area contributed by atoms with Gasteiger partial charge in [0.25, 0.3) is 5.69 Å². The molecular weight excluding hydrogens is 276 g/mol. The minimum Gasteiger partial charge on any atom is -0.394 e. The number of benzene rings is 1. The molecule has 1 amide bonds. The van der Waals surface area contributed by atoms with Gasteiger partial charge in [0, 0.05) is 18.2 Å². The molecule has 0 saturated carbocycles. The predicted molar refractivity (Wildman–Crippen MR) is 77.5 cm³/mol. The smallest absolute Gasteiger partial charge is 0.270 e. The van der Waals surface area contributed by atoms with Gasteiger partial charge in [-0.2, -0.15) is 0 Å². The average Bonchev–Trinajstić information content (AvgIpc) is 2.51. The molecule has 0 aliphatic heterocycles. The largest absolute Gasteiger partial charge is 0.394 e. The fraction of sp³-hybridized carbons (Fsp3) is 0.357. The van der Waals surface area contributed by atoms with Crippen LogP contribution >= 0.6 is 0 Å². The second kappa shape index (κ2) is 7.51. The van der Waals surface area contributed by atoms with Gasteiger partial charge in [-0.25, -0.2) is 0 Å². The highest BCUT2D eigenvalue weighted by atomic mass is 16.6. The van der Waals surface area contributed by atoms with Crippen molar-refractivity contribution in [3.05, 3.63) is 46.0 Å². The SMILES string of the molecule is CCC(CO)(CO)NC(=O)/C=C/c1cccc([N+](=O)[O-])c1. The molecule has 0 spiro atoms. The van der Waals surface area contributed by atoms with Crippen molar-refractivity contribution in [2.45, 2.75) is 18.9 Å². The number of hydrogen-bond acceptors (Lipinski definition) is 5. The minimum atomic E-state index is -1.07. The number of carbonyl (C=O) groups excluding carboxylic acids is 1. The van der Waals surface area contributed by atoms with E-state index in [1.807, 2.05) is 0 Å². The van der Waals surface area contributed by atoms with E-state index in [1.54, 1.807) is 13.0 Å². The van der Waals surface area contributed by atoms with Gasteiger partial charge in [0.15, 0.2) is 0 Å². The van der Waals surface area contributed by atoms with Crippen molar-refractivity contribution < 1.29 is 19.9 Å². The number of non-ortho nitro benzene ring substituents is 1. The molecule has 1 aromatic rings. The van der Waals surface area contributed by atoms with Crippen LogP contribution in [0.5, 0.6) is 0 Å². The van der Waals surface area contributed by atoms with E-state index in [0.717, 1.165) is 0 Å². The molecule has 7 heteroatoms. The number of amides is 1. The first-order chi connectivity index (χ1) is 9.96. The Morgan fingerprint density at radius 1 is 1.43 bits per heavy atom. The molecule has 7 nitrogen and oxygen atoms in total. The zero-order valence-electron chi connectivity index (χ0n) is 11.7. The topological polar surface area (TPSA) is 113 Å². The van der Waals surface area contributed by atoms with Gasteiger partial charge in [0.05, 0.1) is 23.7 Å². The Morgan fingerprint density at radius 2 is 2.10 bits per heavy atom. The van der Waals surface area contributed by atoms with Gasteiger partial charge in [-0.3, -0.25) is 14.9 Å². The Bertz CT molecular complexity index is 530. The summed E-state index contributed by atoms with van der Waals surface area (Å²) < 4.78 is 0. The first-order valence-corrected chi connectivity index (χ1v) is 6.43. The van der Waals surface area contributed by atoms with Crippen LogP contribution in [-0.4, -0.2) is 39.8 Å². The maximum atomic E-state index is 11.8. The molecule has 0 aliphatic carbocycles. The van der Waals surface area contributed by atoms with Crippen molar-refractivity contribution in [2.24, 2.45) is 0 Å². The Morgan fingerprint density at radius 3 is 2.62 bits per heavy atom. The van der Waals surface area contributed by atoms with Crippen LogP contribution in [0.15, 0.2) is 30.3 Å². The molecule has 3 N–H and O–H groups in total. The maximum absolute atomic E-state index is 11.8. The first-order valence-electron chi connectivity index (χ1n) is 6.43. The van der Waals surface area contributed by atoms with Crippen LogP contribution in [0.25, 0.3) is 6.08 Å². The van der Waals surface area contributed by atoms with Gasteiger partial charge in [0.1, 0.15) is 0 Å². The van der Waals surface area contributed by atoms with Gasteiger partial charge in [0.2, 0.25) is 5.91 Å². The van der Waals surface area contributed by atoms with Gasteiger partial charge in [-0.1, -0.05) is 19.1 Å². The third kappa shape index (κ3) is 4.66.